The Balaban J connectivity index is 2.16. The van der Waals surface area contributed by atoms with Gasteiger partial charge in [-0.1, -0.05) is 0 Å². The summed E-state index contributed by atoms with van der Waals surface area (Å²) in [7, 11) is 0. The Bertz CT molecular complexity index is 439. The summed E-state index contributed by atoms with van der Waals surface area (Å²) in [6, 6.07) is 7.49. The van der Waals surface area contributed by atoms with Crippen molar-refractivity contribution in [2.75, 3.05) is 17.2 Å². The summed E-state index contributed by atoms with van der Waals surface area (Å²) in [4.78, 5) is 6.40. The molecule has 84 valence electrons. The SMILES string of the molecule is CCN(Cc1ccco1)c1cc(N)ccn1. The van der Waals surface area contributed by atoms with E-state index in [1.54, 1.807) is 18.5 Å². The van der Waals surface area contributed by atoms with Gasteiger partial charge in [-0.15, -0.1) is 0 Å². The maximum atomic E-state index is 5.73. The van der Waals surface area contributed by atoms with Crippen molar-refractivity contribution in [3.05, 3.63) is 42.5 Å². The molecule has 4 heteroatoms. The zero-order valence-corrected chi connectivity index (χ0v) is 9.26. The van der Waals surface area contributed by atoms with Crippen molar-refractivity contribution in [2.24, 2.45) is 0 Å². The van der Waals surface area contributed by atoms with Crippen molar-refractivity contribution in [2.45, 2.75) is 13.5 Å². The Kier molecular flexibility index (Phi) is 3.10. The first-order valence-electron chi connectivity index (χ1n) is 5.28. The number of pyridine rings is 1. The average Bonchev–Trinajstić information content (AvgIpc) is 2.78. The van der Waals surface area contributed by atoms with Crippen LogP contribution in [-0.4, -0.2) is 11.5 Å². The standard InChI is InChI=1S/C12H15N3O/c1-2-15(9-11-4-3-7-16-11)12-8-10(13)5-6-14-12/h3-8H,2,9H2,1H3,(H2,13,14). The van der Waals surface area contributed by atoms with Gasteiger partial charge in [-0.05, 0) is 25.1 Å². The summed E-state index contributed by atoms with van der Waals surface area (Å²) in [5.41, 5.74) is 6.46. The highest BCUT2D eigenvalue weighted by Crippen LogP contribution is 2.16. The minimum Gasteiger partial charge on any atom is -0.467 e. The topological polar surface area (TPSA) is 55.3 Å². The smallest absolute Gasteiger partial charge is 0.130 e. The van der Waals surface area contributed by atoms with Crippen LogP contribution >= 0.6 is 0 Å². The van der Waals surface area contributed by atoms with Crippen LogP contribution in [0.5, 0.6) is 0 Å². The first kappa shape index (κ1) is 10.5. The summed E-state index contributed by atoms with van der Waals surface area (Å²) in [6.07, 6.45) is 3.39. The van der Waals surface area contributed by atoms with Gasteiger partial charge in [0.2, 0.25) is 0 Å². The van der Waals surface area contributed by atoms with Crippen LogP contribution in [-0.2, 0) is 6.54 Å². The van der Waals surface area contributed by atoms with Crippen LogP contribution in [0.1, 0.15) is 12.7 Å². The lowest BCUT2D eigenvalue weighted by molar-refractivity contribution is 0.503. The van der Waals surface area contributed by atoms with Crippen LogP contribution in [0.2, 0.25) is 0 Å². The van der Waals surface area contributed by atoms with Crippen LogP contribution in [0.3, 0.4) is 0 Å². The predicted molar refractivity (Wildman–Crippen MR) is 64.1 cm³/mol. The highest BCUT2D eigenvalue weighted by Gasteiger charge is 2.08. The van der Waals surface area contributed by atoms with Gasteiger partial charge in [-0.2, -0.15) is 0 Å². The van der Waals surface area contributed by atoms with E-state index in [-0.39, 0.29) is 0 Å². The van der Waals surface area contributed by atoms with Gasteiger partial charge in [0, 0.05) is 24.5 Å². The molecule has 0 aromatic carbocycles. The Labute approximate surface area is 94.7 Å². The highest BCUT2D eigenvalue weighted by molar-refractivity contribution is 5.50. The number of aromatic nitrogens is 1. The van der Waals surface area contributed by atoms with Crippen molar-refractivity contribution in [1.29, 1.82) is 0 Å². The molecule has 0 aliphatic rings. The Morgan fingerprint density at radius 2 is 2.31 bits per heavy atom. The molecule has 0 spiro atoms. The summed E-state index contributed by atoms with van der Waals surface area (Å²) in [5.74, 6) is 1.80. The largest absolute Gasteiger partial charge is 0.467 e. The number of nitrogen functional groups attached to an aromatic ring is 1. The first-order valence-corrected chi connectivity index (χ1v) is 5.28. The highest BCUT2D eigenvalue weighted by atomic mass is 16.3. The molecule has 0 saturated heterocycles. The molecule has 2 N–H and O–H groups in total. The molecule has 0 radical (unpaired) electrons. The number of nitrogens with zero attached hydrogens (tertiary/aromatic N) is 2. The quantitative estimate of drug-likeness (QED) is 0.853. The Hall–Kier alpha value is -1.97. The molecular weight excluding hydrogens is 202 g/mol. The minimum atomic E-state index is 0.708. The molecule has 2 aromatic rings. The second-order valence-corrected chi connectivity index (χ2v) is 3.54. The van der Waals surface area contributed by atoms with Gasteiger partial charge in [-0.25, -0.2) is 4.98 Å². The normalized spacial score (nSPS) is 10.3. The molecule has 0 saturated carbocycles. The van der Waals surface area contributed by atoms with Gasteiger partial charge >= 0.3 is 0 Å². The molecular formula is C12H15N3O. The van der Waals surface area contributed by atoms with Crippen LogP contribution < -0.4 is 10.6 Å². The number of anilines is 2. The van der Waals surface area contributed by atoms with E-state index >= 15 is 0 Å². The number of furan rings is 1. The monoisotopic (exact) mass is 217 g/mol. The Morgan fingerprint density at radius 1 is 1.44 bits per heavy atom. The maximum Gasteiger partial charge on any atom is 0.130 e. The fraction of sp³-hybridized carbons (Fsp3) is 0.250. The van der Waals surface area contributed by atoms with Gasteiger partial charge in [-0.3, -0.25) is 0 Å². The third-order valence-corrected chi connectivity index (χ3v) is 2.40. The third-order valence-electron chi connectivity index (χ3n) is 2.40. The van der Waals surface area contributed by atoms with Crippen molar-refractivity contribution in [1.82, 2.24) is 4.98 Å². The minimum absolute atomic E-state index is 0.708. The summed E-state index contributed by atoms with van der Waals surface area (Å²) in [5, 5.41) is 0. The zero-order chi connectivity index (χ0) is 11.4. The van der Waals surface area contributed by atoms with E-state index in [1.807, 2.05) is 18.2 Å². The van der Waals surface area contributed by atoms with Gasteiger partial charge < -0.3 is 15.1 Å². The number of rotatable bonds is 4. The molecule has 16 heavy (non-hydrogen) atoms. The van der Waals surface area contributed by atoms with Gasteiger partial charge in [0.1, 0.15) is 11.6 Å². The van der Waals surface area contributed by atoms with Gasteiger partial charge in [0.25, 0.3) is 0 Å². The number of hydrogen-bond donors (Lipinski definition) is 1. The lowest BCUT2D eigenvalue weighted by atomic mass is 10.3. The molecule has 2 heterocycles. The summed E-state index contributed by atoms with van der Waals surface area (Å²) < 4.78 is 5.32. The number of nitrogens with two attached hydrogens (primary N) is 1. The van der Waals surface area contributed by atoms with E-state index in [9.17, 15) is 0 Å². The van der Waals surface area contributed by atoms with Gasteiger partial charge in [0.15, 0.2) is 0 Å². The van der Waals surface area contributed by atoms with Crippen molar-refractivity contribution in [3.63, 3.8) is 0 Å². The van der Waals surface area contributed by atoms with Crippen LogP contribution in [0, 0.1) is 0 Å². The molecule has 0 aliphatic heterocycles. The van der Waals surface area contributed by atoms with E-state index in [4.69, 9.17) is 10.2 Å². The third kappa shape index (κ3) is 2.34. The zero-order valence-electron chi connectivity index (χ0n) is 9.26. The van der Waals surface area contributed by atoms with Crippen molar-refractivity contribution >= 4 is 11.5 Å². The molecule has 2 rings (SSSR count). The van der Waals surface area contributed by atoms with Crippen molar-refractivity contribution < 1.29 is 4.42 Å². The first-order chi connectivity index (χ1) is 7.79. The Morgan fingerprint density at radius 3 is 2.94 bits per heavy atom. The van der Waals surface area contributed by atoms with Crippen LogP contribution in [0.25, 0.3) is 0 Å². The second kappa shape index (κ2) is 4.70. The van der Waals surface area contributed by atoms with Gasteiger partial charge in [0.05, 0.1) is 12.8 Å². The molecule has 0 amide bonds. The molecule has 0 bridgehead atoms. The molecule has 0 fully saturated rings. The van der Waals surface area contributed by atoms with E-state index in [0.717, 1.165) is 23.8 Å². The molecule has 4 nitrogen and oxygen atoms in total. The number of hydrogen-bond acceptors (Lipinski definition) is 4. The predicted octanol–water partition coefficient (Wildman–Crippen LogP) is 2.28. The summed E-state index contributed by atoms with van der Waals surface area (Å²) in [6.45, 7) is 3.64. The summed E-state index contributed by atoms with van der Waals surface area (Å²) >= 11 is 0. The van der Waals surface area contributed by atoms with Crippen LogP contribution in [0.4, 0.5) is 11.5 Å². The lowest BCUT2D eigenvalue weighted by Gasteiger charge is -2.20. The fourth-order valence-electron chi connectivity index (χ4n) is 1.55. The molecule has 0 atom stereocenters. The van der Waals surface area contributed by atoms with E-state index in [0.29, 0.717) is 6.54 Å². The van der Waals surface area contributed by atoms with E-state index in [1.165, 1.54) is 0 Å². The average molecular weight is 217 g/mol. The molecule has 0 aliphatic carbocycles. The lowest BCUT2D eigenvalue weighted by Crippen LogP contribution is -2.22. The van der Waals surface area contributed by atoms with Crippen LogP contribution in [0.15, 0.2) is 41.1 Å². The molecule has 0 unspecified atom stereocenters. The fourth-order valence-corrected chi connectivity index (χ4v) is 1.55. The van der Waals surface area contributed by atoms with E-state index < -0.39 is 0 Å². The molecule has 2 aromatic heterocycles. The van der Waals surface area contributed by atoms with E-state index in [2.05, 4.69) is 16.8 Å². The maximum absolute atomic E-state index is 5.73. The second-order valence-electron chi connectivity index (χ2n) is 3.54. The van der Waals surface area contributed by atoms with Crippen molar-refractivity contribution in [3.8, 4) is 0 Å².